The number of carbonyl (C=O) groups is 1. The van der Waals surface area contributed by atoms with E-state index in [-0.39, 0.29) is 18.6 Å². The van der Waals surface area contributed by atoms with E-state index in [0.717, 1.165) is 13.0 Å². The number of hydrogen-bond donors (Lipinski definition) is 3. The summed E-state index contributed by atoms with van der Waals surface area (Å²) in [6, 6.07) is 0.108. The quantitative estimate of drug-likeness (QED) is 0.521. The molecule has 0 aliphatic heterocycles. The molecule has 0 spiro atoms. The Labute approximate surface area is 79.7 Å². The molecule has 0 rings (SSSR count). The van der Waals surface area contributed by atoms with Crippen molar-refractivity contribution in [3.8, 4) is 0 Å². The predicted octanol–water partition coefficient (Wildman–Crippen LogP) is -0.127. The normalized spacial score (nSPS) is 12.5. The predicted molar refractivity (Wildman–Crippen MR) is 52.5 cm³/mol. The molecule has 4 heteroatoms. The molecule has 1 unspecified atom stereocenters. The highest BCUT2D eigenvalue weighted by molar-refractivity contribution is 5.78. The lowest BCUT2D eigenvalue weighted by molar-refractivity contribution is -0.121. The second kappa shape index (κ2) is 8.01. The van der Waals surface area contributed by atoms with Crippen LogP contribution in [0.1, 0.15) is 26.7 Å². The molecule has 0 aliphatic rings. The summed E-state index contributed by atoms with van der Waals surface area (Å²) >= 11 is 0. The molecule has 78 valence electrons. The van der Waals surface area contributed by atoms with Crippen molar-refractivity contribution in [2.75, 3.05) is 19.7 Å². The first-order valence-electron chi connectivity index (χ1n) is 4.85. The van der Waals surface area contributed by atoms with E-state index in [1.807, 2.05) is 13.8 Å². The number of nitrogens with one attached hydrogen (secondary N) is 2. The highest BCUT2D eigenvalue weighted by Crippen LogP contribution is 1.95. The van der Waals surface area contributed by atoms with E-state index in [1.54, 1.807) is 0 Å². The summed E-state index contributed by atoms with van der Waals surface area (Å²) in [5.41, 5.74) is 0. The third-order valence-electron chi connectivity index (χ3n) is 1.87. The molecule has 0 bridgehead atoms. The van der Waals surface area contributed by atoms with Gasteiger partial charge in [0, 0.05) is 12.6 Å². The lowest BCUT2D eigenvalue weighted by Gasteiger charge is -2.15. The second-order valence-electron chi connectivity index (χ2n) is 2.97. The molecule has 1 atom stereocenters. The Bertz CT molecular complexity index is 140. The summed E-state index contributed by atoms with van der Waals surface area (Å²) in [5, 5.41) is 14.5. The van der Waals surface area contributed by atoms with Crippen LogP contribution in [0.3, 0.4) is 0 Å². The number of aliphatic hydroxyl groups is 1. The van der Waals surface area contributed by atoms with Gasteiger partial charge in [0.25, 0.3) is 0 Å². The van der Waals surface area contributed by atoms with Crippen LogP contribution in [0.4, 0.5) is 0 Å². The van der Waals surface area contributed by atoms with Crippen LogP contribution in [0.25, 0.3) is 0 Å². The number of carbonyl (C=O) groups excluding carboxylic acids is 1. The first kappa shape index (κ1) is 12.4. The highest BCUT2D eigenvalue weighted by atomic mass is 16.3. The van der Waals surface area contributed by atoms with Gasteiger partial charge in [0.1, 0.15) is 0 Å². The zero-order chi connectivity index (χ0) is 10.1. The van der Waals surface area contributed by atoms with E-state index in [4.69, 9.17) is 5.11 Å². The molecule has 0 saturated carbocycles. The van der Waals surface area contributed by atoms with Crippen LogP contribution < -0.4 is 10.6 Å². The first-order chi connectivity index (χ1) is 6.24. The number of rotatable bonds is 7. The Kier molecular flexibility index (Phi) is 7.63. The van der Waals surface area contributed by atoms with Gasteiger partial charge in [0.2, 0.25) is 5.91 Å². The third-order valence-corrected chi connectivity index (χ3v) is 1.87. The number of aliphatic hydroxyl groups excluding tert-OH is 1. The van der Waals surface area contributed by atoms with Gasteiger partial charge >= 0.3 is 0 Å². The van der Waals surface area contributed by atoms with Gasteiger partial charge in [-0.05, 0) is 19.4 Å². The first-order valence-corrected chi connectivity index (χ1v) is 4.85. The molecule has 0 saturated heterocycles. The molecule has 4 nitrogen and oxygen atoms in total. The molecule has 0 fully saturated rings. The van der Waals surface area contributed by atoms with E-state index < -0.39 is 0 Å². The average molecular weight is 188 g/mol. The van der Waals surface area contributed by atoms with Crippen LogP contribution in [-0.4, -0.2) is 36.8 Å². The van der Waals surface area contributed by atoms with E-state index in [9.17, 15) is 4.79 Å². The summed E-state index contributed by atoms with van der Waals surface area (Å²) in [6.07, 6.45) is 1.49. The van der Waals surface area contributed by atoms with Crippen LogP contribution >= 0.6 is 0 Å². The van der Waals surface area contributed by atoms with E-state index >= 15 is 0 Å². The molecule has 0 aromatic rings. The largest absolute Gasteiger partial charge is 0.396 e. The third kappa shape index (κ3) is 6.54. The Morgan fingerprint density at radius 3 is 2.62 bits per heavy atom. The second-order valence-corrected chi connectivity index (χ2v) is 2.97. The monoisotopic (exact) mass is 188 g/mol. The van der Waals surface area contributed by atoms with Crippen molar-refractivity contribution in [3.05, 3.63) is 0 Å². The zero-order valence-electron chi connectivity index (χ0n) is 8.47. The Hall–Kier alpha value is -0.610. The van der Waals surface area contributed by atoms with Gasteiger partial charge in [-0.3, -0.25) is 4.79 Å². The summed E-state index contributed by atoms with van der Waals surface area (Å²) in [4.78, 5) is 11.2. The maximum Gasteiger partial charge on any atom is 0.234 e. The molecule has 0 aliphatic carbocycles. The van der Waals surface area contributed by atoms with Crippen molar-refractivity contribution >= 4 is 5.91 Å². The maximum absolute atomic E-state index is 11.2. The van der Waals surface area contributed by atoms with E-state index in [0.29, 0.717) is 13.0 Å². The Morgan fingerprint density at radius 1 is 1.46 bits per heavy atom. The minimum absolute atomic E-state index is 0.00199. The van der Waals surface area contributed by atoms with Crippen LogP contribution in [0.15, 0.2) is 0 Å². The zero-order valence-corrected chi connectivity index (χ0v) is 8.47. The van der Waals surface area contributed by atoms with Gasteiger partial charge in [0.15, 0.2) is 0 Å². The molecular formula is C9H20N2O2. The van der Waals surface area contributed by atoms with E-state index in [1.165, 1.54) is 0 Å². The fraction of sp³-hybridized carbons (Fsp3) is 0.889. The van der Waals surface area contributed by atoms with Crippen molar-refractivity contribution in [1.82, 2.24) is 10.6 Å². The number of amides is 1. The Balaban J connectivity index is 3.60. The van der Waals surface area contributed by atoms with Crippen LogP contribution in [0, 0.1) is 0 Å². The number of likely N-dealkylation sites (N-methyl/N-ethyl adjacent to an activating group) is 1. The standard InChI is InChI=1S/C9H20N2O2/c1-3-8(5-6-12)11-9(13)7-10-4-2/h8,10,12H,3-7H2,1-2H3,(H,11,13). The highest BCUT2D eigenvalue weighted by Gasteiger charge is 2.08. The summed E-state index contributed by atoms with van der Waals surface area (Å²) in [7, 11) is 0. The molecule has 3 N–H and O–H groups in total. The fourth-order valence-electron chi connectivity index (χ4n) is 1.05. The van der Waals surface area contributed by atoms with Crippen molar-refractivity contribution in [2.24, 2.45) is 0 Å². The summed E-state index contributed by atoms with van der Waals surface area (Å²) in [6.45, 7) is 5.23. The smallest absolute Gasteiger partial charge is 0.234 e. The molecule has 1 amide bonds. The molecule has 0 radical (unpaired) electrons. The van der Waals surface area contributed by atoms with Crippen LogP contribution in [0.5, 0.6) is 0 Å². The lowest BCUT2D eigenvalue weighted by atomic mass is 10.1. The van der Waals surface area contributed by atoms with Crippen molar-refractivity contribution in [1.29, 1.82) is 0 Å². The molecule has 13 heavy (non-hydrogen) atoms. The van der Waals surface area contributed by atoms with Gasteiger partial charge in [-0.2, -0.15) is 0 Å². The van der Waals surface area contributed by atoms with Crippen molar-refractivity contribution in [2.45, 2.75) is 32.7 Å². The lowest BCUT2D eigenvalue weighted by Crippen LogP contribution is -2.40. The van der Waals surface area contributed by atoms with Crippen molar-refractivity contribution in [3.63, 3.8) is 0 Å². The van der Waals surface area contributed by atoms with Gasteiger partial charge in [-0.15, -0.1) is 0 Å². The average Bonchev–Trinajstić information content (AvgIpc) is 2.14. The summed E-state index contributed by atoms with van der Waals surface area (Å²) < 4.78 is 0. The SMILES string of the molecule is CCNCC(=O)NC(CC)CCO. The fourth-order valence-corrected chi connectivity index (χ4v) is 1.05. The van der Waals surface area contributed by atoms with Crippen LogP contribution in [-0.2, 0) is 4.79 Å². The minimum Gasteiger partial charge on any atom is -0.396 e. The minimum atomic E-state index is 0.00199. The summed E-state index contributed by atoms with van der Waals surface area (Å²) in [5.74, 6) is 0.00199. The van der Waals surface area contributed by atoms with Gasteiger partial charge in [-0.1, -0.05) is 13.8 Å². The molecule has 0 aromatic carbocycles. The number of hydrogen-bond acceptors (Lipinski definition) is 3. The van der Waals surface area contributed by atoms with Gasteiger partial charge < -0.3 is 15.7 Å². The maximum atomic E-state index is 11.2. The van der Waals surface area contributed by atoms with Gasteiger partial charge in [-0.25, -0.2) is 0 Å². The Morgan fingerprint density at radius 2 is 2.15 bits per heavy atom. The molecule has 0 heterocycles. The van der Waals surface area contributed by atoms with E-state index in [2.05, 4.69) is 10.6 Å². The van der Waals surface area contributed by atoms with Crippen LogP contribution in [0.2, 0.25) is 0 Å². The van der Waals surface area contributed by atoms with Gasteiger partial charge in [0.05, 0.1) is 6.54 Å². The topological polar surface area (TPSA) is 61.4 Å². The molecule has 0 aromatic heterocycles. The van der Waals surface area contributed by atoms with Crippen molar-refractivity contribution < 1.29 is 9.90 Å². The molecular weight excluding hydrogens is 168 g/mol.